The van der Waals surface area contributed by atoms with Gasteiger partial charge in [-0.2, -0.15) is 13.2 Å². The highest BCUT2D eigenvalue weighted by molar-refractivity contribution is 7.13. The summed E-state index contributed by atoms with van der Waals surface area (Å²) >= 11 is 0.900. The van der Waals surface area contributed by atoms with Crippen molar-refractivity contribution in [2.75, 3.05) is 0 Å². The standard InChI is InChI=1S/C19H16F4N2O6S/c1-18(2,16(27)30-31-17(28)19(21,22)23)8-10-4-6-13(32-10)15(26)29-12-5-3-9(14(24)25)7-11(12)20/h3-7H,8H2,1-2H3,(H3,24,25). The largest absolute Gasteiger partial charge is 0.495 e. The third-order valence-electron chi connectivity index (χ3n) is 3.90. The second-order valence-electron chi connectivity index (χ2n) is 7.01. The molecular formula is C19H16F4N2O6S. The SMILES string of the molecule is CC(C)(Cc1ccc(C(=O)Oc2ccc(C(=N)N)cc2F)s1)C(=O)OOC(=O)C(F)(F)F. The van der Waals surface area contributed by atoms with Gasteiger partial charge in [-0.05, 0) is 50.6 Å². The minimum Gasteiger partial charge on any atom is -0.419 e. The lowest BCUT2D eigenvalue weighted by Gasteiger charge is -2.20. The van der Waals surface area contributed by atoms with Gasteiger partial charge in [-0.3, -0.25) is 5.41 Å². The van der Waals surface area contributed by atoms with Crippen molar-refractivity contribution in [3.8, 4) is 5.75 Å². The van der Waals surface area contributed by atoms with Crippen LogP contribution in [0.5, 0.6) is 5.75 Å². The van der Waals surface area contributed by atoms with E-state index in [1.807, 2.05) is 0 Å². The van der Waals surface area contributed by atoms with Gasteiger partial charge >= 0.3 is 24.1 Å². The fourth-order valence-electron chi connectivity index (χ4n) is 2.23. The fraction of sp³-hybridized carbons (Fsp3) is 0.263. The van der Waals surface area contributed by atoms with Crippen molar-refractivity contribution in [3.63, 3.8) is 0 Å². The summed E-state index contributed by atoms with van der Waals surface area (Å²) in [5.74, 6) is -6.45. The van der Waals surface area contributed by atoms with Gasteiger partial charge in [0.2, 0.25) is 0 Å². The Hall–Kier alpha value is -3.48. The second kappa shape index (κ2) is 9.34. The Labute approximate surface area is 182 Å². The molecular weight excluding hydrogens is 460 g/mol. The third-order valence-corrected chi connectivity index (χ3v) is 4.97. The van der Waals surface area contributed by atoms with Crippen LogP contribution in [0.15, 0.2) is 30.3 Å². The van der Waals surface area contributed by atoms with E-state index in [1.54, 1.807) is 0 Å². The normalized spacial score (nSPS) is 11.6. The molecule has 0 fully saturated rings. The number of nitrogen functional groups attached to an aromatic ring is 1. The molecule has 0 radical (unpaired) electrons. The first kappa shape index (κ1) is 24.8. The number of alkyl halides is 3. The molecule has 0 unspecified atom stereocenters. The number of hydrogen-bond acceptors (Lipinski definition) is 8. The summed E-state index contributed by atoms with van der Waals surface area (Å²) in [6, 6.07) is 6.19. The van der Waals surface area contributed by atoms with Gasteiger partial charge in [-0.25, -0.2) is 28.5 Å². The number of nitrogens with one attached hydrogen (secondary N) is 1. The van der Waals surface area contributed by atoms with Crippen molar-refractivity contribution >= 4 is 35.1 Å². The molecule has 0 atom stereocenters. The molecule has 2 aromatic rings. The highest BCUT2D eigenvalue weighted by Gasteiger charge is 2.44. The number of nitrogens with two attached hydrogens (primary N) is 1. The number of carbonyl (C=O) groups is 3. The van der Waals surface area contributed by atoms with Crippen molar-refractivity contribution in [1.82, 2.24) is 0 Å². The van der Waals surface area contributed by atoms with Crippen molar-refractivity contribution in [1.29, 1.82) is 5.41 Å². The van der Waals surface area contributed by atoms with Crippen molar-refractivity contribution in [2.45, 2.75) is 26.4 Å². The highest BCUT2D eigenvalue weighted by atomic mass is 32.1. The lowest BCUT2D eigenvalue weighted by atomic mass is 9.89. The Bertz CT molecular complexity index is 1060. The average molecular weight is 476 g/mol. The number of hydrogen-bond donors (Lipinski definition) is 2. The topological polar surface area (TPSA) is 129 Å². The van der Waals surface area contributed by atoms with Gasteiger partial charge in [0.25, 0.3) is 0 Å². The van der Waals surface area contributed by atoms with E-state index in [2.05, 4.69) is 9.78 Å². The molecule has 8 nitrogen and oxygen atoms in total. The molecule has 0 spiro atoms. The molecule has 32 heavy (non-hydrogen) atoms. The zero-order valence-corrected chi connectivity index (χ0v) is 17.4. The summed E-state index contributed by atoms with van der Waals surface area (Å²) in [5.41, 5.74) is 3.95. The highest BCUT2D eigenvalue weighted by Crippen LogP contribution is 2.29. The molecule has 0 bridgehead atoms. The van der Waals surface area contributed by atoms with E-state index in [9.17, 15) is 31.9 Å². The van der Waals surface area contributed by atoms with Crippen LogP contribution >= 0.6 is 11.3 Å². The van der Waals surface area contributed by atoms with Crippen molar-refractivity contribution in [2.24, 2.45) is 11.1 Å². The molecule has 0 aliphatic carbocycles. The van der Waals surface area contributed by atoms with E-state index in [0.717, 1.165) is 23.5 Å². The summed E-state index contributed by atoms with van der Waals surface area (Å²) in [6.07, 6.45) is -5.39. The summed E-state index contributed by atoms with van der Waals surface area (Å²) in [7, 11) is 0. The minimum absolute atomic E-state index is 0.0581. The molecule has 1 aromatic carbocycles. The summed E-state index contributed by atoms with van der Waals surface area (Å²) in [5, 5.41) is 7.26. The van der Waals surface area contributed by atoms with E-state index in [-0.39, 0.29) is 28.4 Å². The number of ether oxygens (including phenoxy) is 1. The molecule has 1 aromatic heterocycles. The fourth-order valence-corrected chi connectivity index (χ4v) is 3.34. The van der Waals surface area contributed by atoms with Crippen LogP contribution in [0.2, 0.25) is 0 Å². The number of thiophene rings is 1. The predicted octanol–water partition coefficient (Wildman–Crippen LogP) is 3.52. The maximum Gasteiger partial charge on any atom is 0.495 e. The van der Waals surface area contributed by atoms with Gasteiger partial charge in [-0.1, -0.05) is 0 Å². The van der Waals surface area contributed by atoms with Gasteiger partial charge < -0.3 is 10.5 Å². The van der Waals surface area contributed by atoms with Crippen LogP contribution in [0.1, 0.15) is 34.0 Å². The number of benzene rings is 1. The lowest BCUT2D eigenvalue weighted by Crippen LogP contribution is -2.32. The third kappa shape index (κ3) is 6.26. The van der Waals surface area contributed by atoms with Crippen LogP contribution in [-0.4, -0.2) is 29.9 Å². The van der Waals surface area contributed by atoms with Crippen molar-refractivity contribution in [3.05, 3.63) is 51.5 Å². The number of amidine groups is 1. The van der Waals surface area contributed by atoms with E-state index in [1.165, 1.54) is 32.0 Å². The average Bonchev–Trinajstić information content (AvgIpc) is 3.14. The van der Waals surface area contributed by atoms with E-state index in [0.29, 0.717) is 4.88 Å². The summed E-state index contributed by atoms with van der Waals surface area (Å²) < 4.78 is 55.3. The molecule has 0 amide bonds. The lowest BCUT2D eigenvalue weighted by molar-refractivity contribution is -0.290. The number of halogens is 4. The van der Waals surface area contributed by atoms with Crippen LogP contribution in [0.3, 0.4) is 0 Å². The maximum absolute atomic E-state index is 14.0. The van der Waals surface area contributed by atoms with Gasteiger partial charge in [0.15, 0.2) is 11.6 Å². The molecule has 3 N–H and O–H groups in total. The van der Waals surface area contributed by atoms with Gasteiger partial charge in [0, 0.05) is 10.4 Å². The molecule has 0 aliphatic rings. The zero-order valence-electron chi connectivity index (χ0n) is 16.5. The molecule has 2 rings (SSSR count). The summed E-state index contributed by atoms with van der Waals surface area (Å²) in [4.78, 5) is 42.9. The molecule has 172 valence electrons. The van der Waals surface area contributed by atoms with Crippen LogP contribution in [0.4, 0.5) is 17.6 Å². The van der Waals surface area contributed by atoms with Gasteiger partial charge in [-0.15, -0.1) is 11.3 Å². The molecule has 0 saturated heterocycles. The predicted molar refractivity (Wildman–Crippen MR) is 102 cm³/mol. The quantitative estimate of drug-likeness (QED) is 0.124. The van der Waals surface area contributed by atoms with Crippen LogP contribution in [0, 0.1) is 16.6 Å². The Morgan fingerprint density at radius 1 is 1.06 bits per heavy atom. The van der Waals surface area contributed by atoms with Gasteiger partial charge in [0.1, 0.15) is 10.7 Å². The molecule has 0 aliphatic heterocycles. The first-order valence-corrected chi connectivity index (χ1v) is 9.47. The monoisotopic (exact) mass is 476 g/mol. The van der Waals surface area contributed by atoms with Crippen LogP contribution in [0.25, 0.3) is 0 Å². The second-order valence-corrected chi connectivity index (χ2v) is 8.18. The van der Waals surface area contributed by atoms with E-state index < -0.39 is 35.3 Å². The number of esters is 1. The Balaban J connectivity index is 2.02. The van der Waals surface area contributed by atoms with Crippen LogP contribution in [-0.2, 0) is 25.8 Å². The molecule has 13 heteroatoms. The van der Waals surface area contributed by atoms with Crippen molar-refractivity contribution < 1.29 is 46.5 Å². The zero-order chi connectivity index (χ0) is 24.3. The Morgan fingerprint density at radius 3 is 2.25 bits per heavy atom. The summed E-state index contributed by atoms with van der Waals surface area (Å²) in [6.45, 7) is 2.67. The van der Waals surface area contributed by atoms with E-state index >= 15 is 0 Å². The Kier molecular flexibility index (Phi) is 7.24. The number of rotatable bonds is 6. The molecule has 1 heterocycles. The van der Waals surface area contributed by atoms with Crippen LogP contribution < -0.4 is 10.5 Å². The number of carbonyl (C=O) groups excluding carboxylic acids is 3. The maximum atomic E-state index is 14.0. The molecule has 0 saturated carbocycles. The van der Waals surface area contributed by atoms with Gasteiger partial charge in [0.05, 0.1) is 5.41 Å². The first-order chi connectivity index (χ1) is 14.7. The Morgan fingerprint density at radius 2 is 1.69 bits per heavy atom. The minimum atomic E-state index is -5.32. The van der Waals surface area contributed by atoms with E-state index in [4.69, 9.17) is 15.9 Å². The first-order valence-electron chi connectivity index (χ1n) is 8.65. The smallest absolute Gasteiger partial charge is 0.419 e.